The molecular formula is C6H4BrClSZn. The van der Waals surface area contributed by atoms with E-state index >= 15 is 0 Å². The van der Waals surface area contributed by atoms with Gasteiger partial charge in [-0.3, -0.25) is 0 Å². The van der Waals surface area contributed by atoms with E-state index in [-0.39, 0.29) is 41.8 Å². The average molecular weight is 289 g/mol. The van der Waals surface area contributed by atoms with Gasteiger partial charge in [-0.05, 0) is 0 Å². The third-order valence-electron chi connectivity index (χ3n) is 0.852. The Kier molecular flexibility index (Phi) is 9.02. The van der Waals surface area contributed by atoms with Crippen LogP contribution in [0.1, 0.15) is 0 Å². The Morgan fingerprint density at radius 1 is 1.60 bits per heavy atom. The van der Waals surface area contributed by atoms with Crippen LogP contribution in [0.15, 0.2) is 18.2 Å². The Morgan fingerprint density at radius 3 is 2.50 bits per heavy atom. The number of thiocarbonyl (C=S) groups is 1. The van der Waals surface area contributed by atoms with Crippen molar-refractivity contribution in [3.63, 3.8) is 0 Å². The molecule has 50 valence electrons. The molecule has 0 aromatic carbocycles. The smallest absolute Gasteiger partial charge is 1.00 e. The Morgan fingerprint density at radius 2 is 2.20 bits per heavy atom. The van der Waals surface area contributed by atoms with Crippen LogP contribution in [-0.2, 0) is 19.5 Å². The fraction of sp³-hybridized carbons (Fsp3) is 0.167. The Balaban J connectivity index is 0. The van der Waals surface area contributed by atoms with Gasteiger partial charge < -0.3 is 17.0 Å². The summed E-state index contributed by atoms with van der Waals surface area (Å²) in [6.07, 6.45) is 8.26. The van der Waals surface area contributed by atoms with Crippen LogP contribution in [0.4, 0.5) is 0 Å². The summed E-state index contributed by atoms with van der Waals surface area (Å²) in [6.45, 7) is 0. The molecule has 0 nitrogen and oxygen atoms in total. The zero-order chi connectivity index (χ0) is 5.98. The predicted octanol–water partition coefficient (Wildman–Crippen LogP) is -1.11. The van der Waals surface area contributed by atoms with Crippen LogP contribution in [0.5, 0.6) is 0 Å². The van der Waals surface area contributed by atoms with Gasteiger partial charge in [0, 0.05) is 0 Å². The molecule has 1 aliphatic rings. The molecule has 0 aliphatic heterocycles. The van der Waals surface area contributed by atoms with Crippen LogP contribution in [0, 0.1) is 6.08 Å². The summed E-state index contributed by atoms with van der Waals surface area (Å²) in [4.78, 5) is 0.675. The van der Waals surface area contributed by atoms with E-state index < -0.39 is 0 Å². The third-order valence-corrected chi connectivity index (χ3v) is 1.72. The molecule has 4 heteroatoms. The van der Waals surface area contributed by atoms with Crippen LogP contribution >= 0.6 is 23.8 Å². The van der Waals surface area contributed by atoms with Gasteiger partial charge in [-0.1, -0.05) is 4.86 Å². The van der Waals surface area contributed by atoms with Crippen molar-refractivity contribution in [1.29, 1.82) is 0 Å². The molecule has 0 amide bonds. The van der Waals surface area contributed by atoms with E-state index in [0.29, 0.717) is 4.86 Å². The summed E-state index contributed by atoms with van der Waals surface area (Å²) in [6, 6.07) is 0. The van der Waals surface area contributed by atoms with Crippen molar-refractivity contribution in [3.05, 3.63) is 24.3 Å². The standard InChI is InChI=1S/C6H4ClS.BrH.Zn/c7-5-3-1-2-4-6(5)8;;/h1-3,5H;1H;/q-1;;+2/p-1. The van der Waals surface area contributed by atoms with E-state index in [1.807, 2.05) is 12.2 Å². The molecular weight excluding hydrogens is 285 g/mol. The van der Waals surface area contributed by atoms with Crippen LogP contribution in [0.2, 0.25) is 0 Å². The second-order valence-electron chi connectivity index (χ2n) is 1.46. The molecule has 10 heavy (non-hydrogen) atoms. The second-order valence-corrected chi connectivity index (χ2v) is 2.37. The van der Waals surface area contributed by atoms with Gasteiger partial charge in [0.05, 0.1) is 5.38 Å². The van der Waals surface area contributed by atoms with Crippen molar-refractivity contribution in [2.75, 3.05) is 0 Å². The molecule has 0 radical (unpaired) electrons. The topological polar surface area (TPSA) is 0 Å². The number of hydrogen-bond acceptors (Lipinski definition) is 1. The van der Waals surface area contributed by atoms with E-state index in [4.69, 9.17) is 23.8 Å². The van der Waals surface area contributed by atoms with E-state index in [9.17, 15) is 0 Å². The van der Waals surface area contributed by atoms with Crippen LogP contribution < -0.4 is 17.0 Å². The molecule has 0 N–H and O–H groups in total. The maximum Gasteiger partial charge on any atom is 2.00 e. The molecule has 0 saturated heterocycles. The molecule has 0 heterocycles. The number of alkyl halides is 1. The molecule has 0 saturated carbocycles. The molecule has 0 fully saturated rings. The van der Waals surface area contributed by atoms with Crippen molar-refractivity contribution in [1.82, 2.24) is 0 Å². The summed E-state index contributed by atoms with van der Waals surface area (Å²) in [7, 11) is 0. The molecule has 1 atom stereocenters. The van der Waals surface area contributed by atoms with Gasteiger partial charge in [0.2, 0.25) is 0 Å². The van der Waals surface area contributed by atoms with Gasteiger partial charge in [-0.15, -0.1) is 29.9 Å². The fourth-order valence-electron chi connectivity index (χ4n) is 0.450. The summed E-state index contributed by atoms with van der Waals surface area (Å²) in [5.41, 5.74) is 0. The number of hydrogen-bond donors (Lipinski definition) is 0. The zero-order valence-electron chi connectivity index (χ0n) is 5.18. The number of halogens is 2. The van der Waals surface area contributed by atoms with Gasteiger partial charge in [0.15, 0.2) is 0 Å². The molecule has 1 rings (SSSR count). The molecule has 1 aliphatic carbocycles. The minimum absolute atomic E-state index is 0. The quantitative estimate of drug-likeness (QED) is 0.236. The van der Waals surface area contributed by atoms with Gasteiger partial charge in [0.25, 0.3) is 0 Å². The first-order valence-electron chi connectivity index (χ1n) is 2.25. The van der Waals surface area contributed by atoms with Crippen molar-refractivity contribution < 1.29 is 36.5 Å². The maximum absolute atomic E-state index is 5.66. The van der Waals surface area contributed by atoms with Gasteiger partial charge in [-0.2, -0.15) is 0 Å². The summed E-state index contributed by atoms with van der Waals surface area (Å²) < 4.78 is 0. The van der Waals surface area contributed by atoms with E-state index in [1.54, 1.807) is 6.08 Å². The van der Waals surface area contributed by atoms with Crippen molar-refractivity contribution in [3.8, 4) is 0 Å². The largest absolute Gasteiger partial charge is 2.00 e. The molecule has 0 aromatic rings. The molecule has 0 aromatic heterocycles. The molecule has 0 spiro atoms. The van der Waals surface area contributed by atoms with Crippen LogP contribution in [-0.4, -0.2) is 10.2 Å². The first kappa shape index (κ1) is 13.5. The Hall–Kier alpha value is 0.963. The first-order valence-corrected chi connectivity index (χ1v) is 3.09. The van der Waals surface area contributed by atoms with Crippen molar-refractivity contribution in [2.24, 2.45) is 0 Å². The van der Waals surface area contributed by atoms with Crippen LogP contribution in [0.25, 0.3) is 0 Å². The van der Waals surface area contributed by atoms with Gasteiger partial charge >= 0.3 is 19.5 Å². The first-order chi connectivity index (χ1) is 3.80. The predicted molar refractivity (Wildman–Crippen MR) is 39.2 cm³/mol. The summed E-state index contributed by atoms with van der Waals surface area (Å²) in [5, 5.41) is -0.116. The summed E-state index contributed by atoms with van der Waals surface area (Å²) in [5.74, 6) is 0. The molecule has 1 unspecified atom stereocenters. The van der Waals surface area contributed by atoms with Crippen molar-refractivity contribution in [2.45, 2.75) is 5.38 Å². The van der Waals surface area contributed by atoms with Crippen molar-refractivity contribution >= 4 is 28.7 Å². The minimum Gasteiger partial charge on any atom is -1.00 e. The molecule has 0 bridgehead atoms. The van der Waals surface area contributed by atoms with E-state index in [1.165, 1.54) is 0 Å². The zero-order valence-corrected chi connectivity index (χ0v) is 11.3. The van der Waals surface area contributed by atoms with Crippen LogP contribution in [0.3, 0.4) is 0 Å². The fourth-order valence-corrected chi connectivity index (χ4v) is 0.744. The Labute approximate surface area is 94.2 Å². The SMILES string of the molecule is S=C1[C-]=CC=CC1Cl.[Br-].[Zn+2]. The Bertz CT molecular complexity index is 167. The van der Waals surface area contributed by atoms with E-state index in [0.717, 1.165) is 0 Å². The van der Waals surface area contributed by atoms with E-state index in [2.05, 4.69) is 6.08 Å². The normalized spacial score (nSPS) is 21.3. The second kappa shape index (κ2) is 6.66. The monoisotopic (exact) mass is 286 g/mol. The summed E-state index contributed by atoms with van der Waals surface area (Å²) >= 11 is 10.5. The minimum atomic E-state index is -0.116. The average Bonchev–Trinajstić information content (AvgIpc) is 1.77. The third kappa shape index (κ3) is 3.97. The maximum atomic E-state index is 5.66. The van der Waals surface area contributed by atoms with Gasteiger partial charge in [-0.25, -0.2) is 18.2 Å². The van der Waals surface area contributed by atoms with Gasteiger partial charge in [0.1, 0.15) is 0 Å². The number of allylic oxidation sites excluding steroid dienone is 4. The number of rotatable bonds is 0.